The van der Waals surface area contributed by atoms with Crippen LogP contribution in [-0.4, -0.2) is 59.4 Å². The quantitative estimate of drug-likeness (QED) is 0.792. The molecule has 0 bridgehead atoms. The number of nitrogens with zero attached hydrogens (tertiary/aromatic N) is 3. The van der Waals surface area contributed by atoms with Gasteiger partial charge in [0.1, 0.15) is 4.75 Å². The van der Waals surface area contributed by atoms with E-state index in [1.54, 1.807) is 23.4 Å². The van der Waals surface area contributed by atoms with Crippen molar-refractivity contribution in [3.8, 4) is 6.01 Å². The van der Waals surface area contributed by atoms with Crippen LogP contribution in [0.2, 0.25) is 0 Å². The molecule has 1 aromatic heterocycles. The number of sulfone groups is 1. The lowest BCUT2D eigenvalue weighted by atomic mass is 9.83. The van der Waals surface area contributed by atoms with Crippen LogP contribution < -0.4 is 4.74 Å². The van der Waals surface area contributed by atoms with Gasteiger partial charge in [-0.3, -0.25) is 4.79 Å². The van der Waals surface area contributed by atoms with E-state index in [-0.39, 0.29) is 43.3 Å². The zero-order chi connectivity index (χ0) is 17.5. The normalized spacial score (nSPS) is 26.3. The van der Waals surface area contributed by atoms with Crippen molar-refractivity contribution in [3.05, 3.63) is 30.1 Å². The maximum Gasteiger partial charge on any atom is 0.316 e. The minimum Gasteiger partial charge on any atom is -0.463 e. The predicted octanol–water partition coefficient (Wildman–Crippen LogP) is 0.981. The molecule has 0 radical (unpaired) electrons. The Morgan fingerprint density at radius 2 is 2.08 bits per heavy atom. The van der Waals surface area contributed by atoms with Crippen LogP contribution in [0.15, 0.2) is 30.1 Å². The fourth-order valence-electron chi connectivity index (χ4n) is 4.05. The van der Waals surface area contributed by atoms with E-state index in [0.717, 1.165) is 24.8 Å². The number of ether oxygens (including phenoxy) is 1. The van der Waals surface area contributed by atoms with Gasteiger partial charge in [-0.1, -0.05) is 6.08 Å². The average molecular weight is 363 g/mol. The summed E-state index contributed by atoms with van der Waals surface area (Å²) in [6.45, 7) is 0.804. The van der Waals surface area contributed by atoms with E-state index in [1.165, 1.54) is 0 Å². The molecule has 2 aliphatic heterocycles. The molecule has 1 aliphatic carbocycles. The van der Waals surface area contributed by atoms with Gasteiger partial charge in [-0.05, 0) is 31.7 Å². The van der Waals surface area contributed by atoms with E-state index >= 15 is 0 Å². The van der Waals surface area contributed by atoms with Gasteiger partial charge in [0.15, 0.2) is 9.84 Å². The van der Waals surface area contributed by atoms with Crippen molar-refractivity contribution < 1.29 is 17.9 Å². The van der Waals surface area contributed by atoms with Gasteiger partial charge in [-0.25, -0.2) is 18.4 Å². The van der Waals surface area contributed by atoms with E-state index in [9.17, 15) is 13.2 Å². The molecule has 1 amide bonds. The van der Waals surface area contributed by atoms with Gasteiger partial charge >= 0.3 is 6.01 Å². The number of aromatic nitrogens is 2. The molecule has 134 valence electrons. The number of hydrogen-bond acceptors (Lipinski definition) is 6. The third kappa shape index (κ3) is 2.72. The van der Waals surface area contributed by atoms with Crippen molar-refractivity contribution in [1.82, 2.24) is 14.9 Å². The second kappa shape index (κ2) is 6.09. The van der Waals surface area contributed by atoms with E-state index in [4.69, 9.17) is 4.74 Å². The number of allylic oxidation sites excluding steroid dienone is 1. The highest BCUT2D eigenvalue weighted by molar-refractivity contribution is 7.93. The Kier molecular flexibility index (Phi) is 4.02. The first-order valence-corrected chi connectivity index (χ1v) is 10.3. The summed E-state index contributed by atoms with van der Waals surface area (Å²) in [5.74, 6) is 0.0145. The first kappa shape index (κ1) is 16.5. The monoisotopic (exact) mass is 363 g/mol. The highest BCUT2D eigenvalue weighted by Gasteiger charge is 2.62. The first-order valence-electron chi connectivity index (χ1n) is 8.62. The minimum absolute atomic E-state index is 0.00344. The Morgan fingerprint density at radius 1 is 1.32 bits per heavy atom. The Morgan fingerprint density at radius 3 is 2.76 bits per heavy atom. The van der Waals surface area contributed by atoms with Crippen molar-refractivity contribution in [2.45, 2.75) is 30.4 Å². The zero-order valence-electron chi connectivity index (χ0n) is 13.9. The predicted molar refractivity (Wildman–Crippen MR) is 90.7 cm³/mol. The van der Waals surface area contributed by atoms with E-state index < -0.39 is 14.6 Å². The van der Waals surface area contributed by atoms with Gasteiger partial charge in [0.25, 0.3) is 0 Å². The van der Waals surface area contributed by atoms with Crippen LogP contribution >= 0.6 is 0 Å². The minimum atomic E-state index is -3.23. The molecule has 0 aromatic carbocycles. The van der Waals surface area contributed by atoms with Gasteiger partial charge in [-0.2, -0.15) is 0 Å². The largest absolute Gasteiger partial charge is 0.463 e. The standard InChI is InChI=1S/C17H21N3O4S/c21-15(13-4-1-2-5-13)20-11-17(12-20)14(6-9-25(17,22)23)10-24-16-18-7-3-8-19-16/h3-4,7-8,14H,1-2,5-6,9-12H2/t14-/m0/s1. The maximum absolute atomic E-state index is 12.6. The number of carbonyl (C=O) groups is 1. The second-order valence-electron chi connectivity index (χ2n) is 6.99. The molecular weight excluding hydrogens is 342 g/mol. The molecule has 0 saturated carbocycles. The summed E-state index contributed by atoms with van der Waals surface area (Å²) in [6, 6.07) is 1.95. The van der Waals surface area contributed by atoms with E-state index in [0.29, 0.717) is 6.42 Å². The number of amides is 1. The zero-order valence-corrected chi connectivity index (χ0v) is 14.7. The first-order chi connectivity index (χ1) is 12.0. The number of rotatable bonds is 4. The molecule has 1 spiro atoms. The highest BCUT2D eigenvalue weighted by Crippen LogP contribution is 2.45. The van der Waals surface area contributed by atoms with Crippen molar-refractivity contribution in [3.63, 3.8) is 0 Å². The molecule has 8 heteroatoms. The third-order valence-corrected chi connectivity index (χ3v) is 8.18. The molecule has 2 saturated heterocycles. The van der Waals surface area contributed by atoms with Crippen LogP contribution in [-0.2, 0) is 14.6 Å². The maximum atomic E-state index is 12.6. The molecular formula is C17H21N3O4S. The van der Waals surface area contributed by atoms with Crippen LogP contribution in [0.1, 0.15) is 25.7 Å². The lowest BCUT2D eigenvalue weighted by molar-refractivity contribution is -0.133. The Balaban J connectivity index is 1.45. The summed E-state index contributed by atoms with van der Waals surface area (Å²) >= 11 is 0. The second-order valence-corrected chi connectivity index (χ2v) is 9.45. The fourth-order valence-corrected chi connectivity index (χ4v) is 6.45. The highest BCUT2D eigenvalue weighted by atomic mass is 32.2. The average Bonchev–Trinajstić information content (AvgIpc) is 3.18. The number of likely N-dealkylation sites (tertiary alicyclic amines) is 1. The summed E-state index contributed by atoms with van der Waals surface area (Å²) in [7, 11) is -3.23. The third-order valence-electron chi connectivity index (χ3n) is 5.57. The summed E-state index contributed by atoms with van der Waals surface area (Å²) in [6.07, 6.45) is 8.44. The van der Waals surface area contributed by atoms with Crippen LogP contribution in [0.25, 0.3) is 0 Å². The van der Waals surface area contributed by atoms with Crippen LogP contribution in [0.4, 0.5) is 0 Å². The lowest BCUT2D eigenvalue weighted by Crippen LogP contribution is -2.69. The van der Waals surface area contributed by atoms with E-state index in [1.807, 2.05) is 6.08 Å². The fraction of sp³-hybridized carbons (Fsp3) is 0.588. The van der Waals surface area contributed by atoms with Crippen molar-refractivity contribution in [2.24, 2.45) is 5.92 Å². The van der Waals surface area contributed by atoms with Crippen molar-refractivity contribution in [1.29, 1.82) is 0 Å². The molecule has 1 atom stereocenters. The molecule has 0 unspecified atom stereocenters. The van der Waals surface area contributed by atoms with Crippen LogP contribution in [0.5, 0.6) is 6.01 Å². The topological polar surface area (TPSA) is 89.5 Å². The van der Waals surface area contributed by atoms with Crippen LogP contribution in [0, 0.1) is 5.92 Å². The molecule has 4 rings (SSSR count). The molecule has 25 heavy (non-hydrogen) atoms. The SMILES string of the molecule is O=C(C1=CCCC1)N1CC2(C1)[C@H](COc1ncccn1)CCS2(=O)=O. The van der Waals surface area contributed by atoms with E-state index in [2.05, 4.69) is 9.97 Å². The van der Waals surface area contributed by atoms with Gasteiger partial charge in [-0.15, -0.1) is 0 Å². The summed E-state index contributed by atoms with van der Waals surface area (Å²) < 4.78 is 30.0. The van der Waals surface area contributed by atoms with Crippen molar-refractivity contribution >= 4 is 15.7 Å². The van der Waals surface area contributed by atoms with Crippen LogP contribution in [0.3, 0.4) is 0 Å². The summed E-state index contributed by atoms with van der Waals surface area (Å²) in [5, 5.41) is 0. The van der Waals surface area contributed by atoms with Crippen molar-refractivity contribution in [2.75, 3.05) is 25.4 Å². The molecule has 3 heterocycles. The smallest absolute Gasteiger partial charge is 0.316 e. The van der Waals surface area contributed by atoms with Gasteiger partial charge in [0.05, 0.1) is 12.4 Å². The van der Waals surface area contributed by atoms with Gasteiger partial charge < -0.3 is 9.64 Å². The molecule has 1 aromatic rings. The molecule has 7 nitrogen and oxygen atoms in total. The molecule has 2 fully saturated rings. The molecule has 3 aliphatic rings. The number of carbonyl (C=O) groups excluding carboxylic acids is 1. The Labute approximate surface area is 147 Å². The summed E-state index contributed by atoms with van der Waals surface area (Å²) in [5.41, 5.74) is 0.829. The lowest BCUT2D eigenvalue weighted by Gasteiger charge is -2.49. The van der Waals surface area contributed by atoms with Gasteiger partial charge in [0, 0.05) is 37.0 Å². The summed E-state index contributed by atoms with van der Waals surface area (Å²) in [4.78, 5) is 22.2. The number of hydrogen-bond donors (Lipinski definition) is 0. The Hall–Kier alpha value is -1.96. The van der Waals surface area contributed by atoms with Gasteiger partial charge in [0.2, 0.25) is 5.91 Å². The molecule has 0 N–H and O–H groups in total. The Bertz CT molecular complexity index is 800.